The van der Waals surface area contributed by atoms with Gasteiger partial charge in [-0.3, -0.25) is 0 Å². The molecule has 0 aromatic carbocycles. The maximum atomic E-state index is 11.2. The van der Waals surface area contributed by atoms with Gasteiger partial charge in [-0.2, -0.15) is 0 Å². The molecular weight excluding hydrogens is 304 g/mol. The number of esters is 1. The summed E-state index contributed by atoms with van der Waals surface area (Å²) in [5.41, 5.74) is 1.01. The van der Waals surface area contributed by atoms with Crippen molar-refractivity contribution in [1.29, 1.82) is 0 Å². The highest BCUT2D eigenvalue weighted by Gasteiger charge is 2.32. The van der Waals surface area contributed by atoms with Crippen LogP contribution in [0.4, 0.5) is 0 Å². The molecule has 0 bridgehead atoms. The van der Waals surface area contributed by atoms with Gasteiger partial charge in [-0.1, -0.05) is 52.3 Å². The summed E-state index contributed by atoms with van der Waals surface area (Å²) in [6.45, 7) is 13.2. The molecule has 0 rings (SSSR count). The summed E-state index contributed by atoms with van der Waals surface area (Å²) in [7, 11) is -0.157. The average molecular weight is 341 g/mol. The molecule has 0 aliphatic heterocycles. The zero-order valence-corrected chi connectivity index (χ0v) is 17.1. The maximum Gasteiger partial charge on any atom is 0.330 e. The molecule has 0 aliphatic rings. The van der Waals surface area contributed by atoms with Crippen molar-refractivity contribution >= 4 is 14.3 Å². The highest BCUT2D eigenvalue weighted by molar-refractivity contribution is 6.73. The van der Waals surface area contributed by atoms with Crippen molar-refractivity contribution in [2.75, 3.05) is 7.11 Å². The number of carbonyl (C=O) groups is 1. The number of carbonyl (C=O) groups excluding carboxylic acids is 1. The van der Waals surface area contributed by atoms with Crippen molar-refractivity contribution in [2.24, 2.45) is 5.92 Å². The fraction of sp³-hybridized carbons (Fsp3) is 0.737. The van der Waals surface area contributed by atoms with Gasteiger partial charge in [-0.25, -0.2) is 4.79 Å². The lowest BCUT2D eigenvalue weighted by molar-refractivity contribution is -0.134. The van der Waals surface area contributed by atoms with Crippen molar-refractivity contribution in [2.45, 2.75) is 78.6 Å². The molecule has 0 unspecified atom stereocenters. The van der Waals surface area contributed by atoms with E-state index in [2.05, 4.69) is 51.5 Å². The van der Waals surface area contributed by atoms with Gasteiger partial charge in [-0.05, 0) is 43.8 Å². The zero-order chi connectivity index (χ0) is 17.9. The number of rotatable bonds is 11. The third-order valence-electron chi connectivity index (χ3n) is 4.77. The Labute approximate surface area is 144 Å². The zero-order valence-electron chi connectivity index (χ0n) is 16.1. The molecule has 0 aliphatic carbocycles. The second kappa shape index (κ2) is 11.6. The molecule has 0 saturated carbocycles. The van der Waals surface area contributed by atoms with Gasteiger partial charge in [0.15, 0.2) is 8.32 Å². The van der Waals surface area contributed by atoms with Crippen LogP contribution in [0.2, 0.25) is 18.1 Å². The molecule has 0 aromatic rings. The molecule has 0 heterocycles. The van der Waals surface area contributed by atoms with E-state index in [1.807, 2.05) is 6.92 Å². The van der Waals surface area contributed by atoms with Gasteiger partial charge < -0.3 is 9.16 Å². The molecule has 0 fully saturated rings. The number of hydrogen-bond donors (Lipinski definition) is 0. The van der Waals surface area contributed by atoms with Crippen LogP contribution in [0.25, 0.3) is 0 Å². The van der Waals surface area contributed by atoms with Crippen LogP contribution in [0.3, 0.4) is 0 Å². The van der Waals surface area contributed by atoms with E-state index in [-0.39, 0.29) is 5.97 Å². The SMILES string of the molecule is CC[C@H](O[Si](CC)(CC)CC)[C@@H](C)C=CCC(C)=CC(=O)OC. The fourth-order valence-corrected chi connectivity index (χ4v) is 5.82. The van der Waals surface area contributed by atoms with Gasteiger partial charge in [0.1, 0.15) is 0 Å². The minimum atomic E-state index is -1.56. The van der Waals surface area contributed by atoms with E-state index in [1.165, 1.54) is 25.2 Å². The lowest BCUT2D eigenvalue weighted by Crippen LogP contribution is -2.41. The summed E-state index contributed by atoms with van der Waals surface area (Å²) in [5, 5.41) is 0. The smallest absolute Gasteiger partial charge is 0.330 e. The summed E-state index contributed by atoms with van der Waals surface area (Å²) in [6, 6.07) is 3.57. The van der Waals surface area contributed by atoms with Crippen molar-refractivity contribution < 1.29 is 14.0 Å². The topological polar surface area (TPSA) is 35.5 Å². The Hall–Kier alpha value is -0.873. The number of hydrogen-bond acceptors (Lipinski definition) is 3. The van der Waals surface area contributed by atoms with Crippen LogP contribution < -0.4 is 0 Å². The van der Waals surface area contributed by atoms with Crippen LogP contribution in [-0.2, 0) is 14.0 Å². The Morgan fingerprint density at radius 1 is 1.13 bits per heavy atom. The first-order valence-electron chi connectivity index (χ1n) is 8.97. The van der Waals surface area contributed by atoms with Crippen LogP contribution in [-0.4, -0.2) is 27.5 Å². The third-order valence-corrected chi connectivity index (χ3v) is 9.44. The molecule has 0 aromatic heterocycles. The molecule has 23 heavy (non-hydrogen) atoms. The minimum Gasteiger partial charge on any atom is -0.466 e. The Bertz CT molecular complexity index is 389. The van der Waals surface area contributed by atoms with Gasteiger partial charge >= 0.3 is 5.97 Å². The number of methoxy groups -OCH3 is 1. The predicted molar refractivity (Wildman–Crippen MR) is 101 cm³/mol. The Morgan fingerprint density at radius 2 is 1.70 bits per heavy atom. The lowest BCUT2D eigenvalue weighted by atomic mass is 10.0. The van der Waals surface area contributed by atoms with Gasteiger partial charge in [0, 0.05) is 6.08 Å². The molecule has 0 radical (unpaired) electrons. The molecular formula is C19H36O3Si. The standard InChI is InChI=1S/C19H36O3Si/c1-8-18(22-23(9-2,10-3)11-4)17(6)14-12-13-16(5)15-19(20)21-7/h12,14-15,17-18H,8-11,13H2,1-7H3/t17-,18-/m0/s1. The number of ether oxygens (including phenoxy) is 1. The summed E-state index contributed by atoms with van der Waals surface area (Å²) in [4.78, 5) is 11.2. The monoisotopic (exact) mass is 340 g/mol. The maximum absolute atomic E-state index is 11.2. The highest BCUT2D eigenvalue weighted by Crippen LogP contribution is 2.27. The van der Waals surface area contributed by atoms with E-state index in [1.54, 1.807) is 6.08 Å². The third kappa shape index (κ3) is 7.98. The summed E-state index contributed by atoms with van der Waals surface area (Å²) in [5.74, 6) is 0.103. The van der Waals surface area contributed by atoms with Gasteiger partial charge in [0.05, 0.1) is 13.2 Å². The van der Waals surface area contributed by atoms with Crippen LogP contribution in [0.1, 0.15) is 54.4 Å². The van der Waals surface area contributed by atoms with Gasteiger partial charge in [-0.15, -0.1) is 0 Å². The normalized spacial score (nSPS) is 15.7. The fourth-order valence-electron chi connectivity index (χ4n) is 2.80. The van der Waals surface area contributed by atoms with Crippen LogP contribution >= 0.6 is 0 Å². The second-order valence-electron chi connectivity index (χ2n) is 6.31. The summed E-state index contributed by atoms with van der Waals surface area (Å²) in [6.07, 6.45) is 8.01. The van der Waals surface area contributed by atoms with Crippen molar-refractivity contribution in [1.82, 2.24) is 0 Å². The molecule has 3 nitrogen and oxygen atoms in total. The van der Waals surface area contributed by atoms with Crippen molar-refractivity contribution in [3.05, 3.63) is 23.8 Å². The van der Waals surface area contributed by atoms with Crippen LogP contribution in [0.15, 0.2) is 23.8 Å². The van der Waals surface area contributed by atoms with Crippen LogP contribution in [0.5, 0.6) is 0 Å². The average Bonchev–Trinajstić information content (AvgIpc) is 2.56. The second-order valence-corrected chi connectivity index (χ2v) is 11.0. The van der Waals surface area contributed by atoms with Gasteiger partial charge in [0.25, 0.3) is 0 Å². The molecule has 0 spiro atoms. The van der Waals surface area contributed by atoms with E-state index >= 15 is 0 Å². The summed E-state index contributed by atoms with van der Waals surface area (Å²) < 4.78 is 11.3. The largest absolute Gasteiger partial charge is 0.466 e. The van der Waals surface area contributed by atoms with Crippen molar-refractivity contribution in [3.63, 3.8) is 0 Å². The first kappa shape index (κ1) is 22.1. The van der Waals surface area contributed by atoms with Crippen LogP contribution in [0, 0.1) is 5.92 Å². The molecule has 0 amide bonds. The van der Waals surface area contributed by atoms with Gasteiger partial charge in [0.2, 0.25) is 0 Å². The van der Waals surface area contributed by atoms with E-state index < -0.39 is 8.32 Å². The highest BCUT2D eigenvalue weighted by atomic mass is 28.4. The van der Waals surface area contributed by atoms with E-state index in [9.17, 15) is 4.79 Å². The Kier molecular flexibility index (Phi) is 11.2. The molecule has 2 atom stereocenters. The Morgan fingerprint density at radius 3 is 2.13 bits per heavy atom. The minimum absolute atomic E-state index is 0.289. The quantitative estimate of drug-likeness (QED) is 0.216. The lowest BCUT2D eigenvalue weighted by Gasteiger charge is -2.35. The first-order chi connectivity index (χ1) is 10.9. The number of allylic oxidation sites excluding steroid dienone is 2. The van der Waals surface area contributed by atoms with Crippen molar-refractivity contribution in [3.8, 4) is 0 Å². The summed E-state index contributed by atoms with van der Waals surface area (Å²) >= 11 is 0. The van der Waals surface area contributed by atoms with E-state index in [0.29, 0.717) is 12.0 Å². The van der Waals surface area contributed by atoms with E-state index in [0.717, 1.165) is 18.4 Å². The van der Waals surface area contributed by atoms with E-state index in [4.69, 9.17) is 4.43 Å². The molecule has 4 heteroatoms. The molecule has 0 saturated heterocycles. The molecule has 134 valence electrons. The predicted octanol–water partition coefficient (Wildman–Crippen LogP) is 5.49. The first-order valence-corrected chi connectivity index (χ1v) is 11.5. The molecule has 0 N–H and O–H groups in total. The Balaban J connectivity index is 4.72.